The Kier molecular flexibility index (Phi) is 41.7. The molecule has 313 valence electrons. The molecule has 0 aliphatic carbocycles. The topological polar surface area (TPSA) is 318 Å². The van der Waals surface area contributed by atoms with Crippen molar-refractivity contribution in [2.45, 2.75) is 13.8 Å². The molecule has 3 rings (SSSR count). The number of hydrogen-bond acceptors (Lipinski definition) is 20. The van der Waals surface area contributed by atoms with E-state index < -0.39 is 23.4 Å². The van der Waals surface area contributed by atoms with Crippen molar-refractivity contribution < 1.29 is 130 Å². The van der Waals surface area contributed by atoms with Crippen molar-refractivity contribution in [1.82, 2.24) is 0 Å². The minimum Gasteiger partial charge on any atom is -0.872 e. The van der Waals surface area contributed by atoms with Gasteiger partial charge in [0.25, 0.3) is 0 Å². The van der Waals surface area contributed by atoms with Gasteiger partial charge in [-0.1, -0.05) is 68.5 Å². The van der Waals surface area contributed by atoms with Crippen molar-refractivity contribution in [3.8, 4) is 34.5 Å². The first-order valence-corrected chi connectivity index (χ1v) is 15.0. The Balaban J connectivity index is -0.000000534. The molecule has 23 heteroatoms. The number of carboxylic acids is 2. The van der Waals surface area contributed by atoms with Crippen LogP contribution < -0.4 is 40.1 Å². The van der Waals surface area contributed by atoms with Gasteiger partial charge in [0.1, 0.15) is 11.5 Å². The fraction of sp³-hybridized carbons (Fsp3) is 0.294. The third-order valence-corrected chi connectivity index (χ3v) is 5.23. The summed E-state index contributed by atoms with van der Waals surface area (Å²) in [6.07, 6.45) is 4.71. The Labute approximate surface area is 360 Å². The van der Waals surface area contributed by atoms with E-state index in [0.29, 0.717) is 11.1 Å². The first kappa shape index (κ1) is 61.0. The van der Waals surface area contributed by atoms with Crippen LogP contribution in [0.4, 0.5) is 0 Å². The molecule has 0 fully saturated rings. The number of aliphatic hydroxyl groups excluding tert-OH is 2. The predicted molar refractivity (Wildman–Crippen MR) is 182 cm³/mol. The summed E-state index contributed by atoms with van der Waals surface area (Å²) in [5, 5.41) is 95.0. The largest absolute Gasteiger partial charge is 2.00 e. The smallest absolute Gasteiger partial charge is 0.872 e. The number of aliphatic carboxylic acids is 2. The minimum absolute atomic E-state index is 0. The molecule has 0 amide bonds. The van der Waals surface area contributed by atoms with Gasteiger partial charge in [-0.2, -0.15) is 0 Å². The molecule has 0 aliphatic rings. The molecule has 0 saturated heterocycles. The van der Waals surface area contributed by atoms with Crippen LogP contribution in [0.3, 0.4) is 0 Å². The Morgan fingerprint density at radius 3 is 0.965 bits per heavy atom. The number of aliphatic hydroxyl groups is 2. The van der Waals surface area contributed by atoms with Crippen molar-refractivity contribution in [2.24, 2.45) is 20.6 Å². The molecule has 0 bridgehead atoms. The van der Waals surface area contributed by atoms with Crippen LogP contribution in [0, 0.1) is 0 Å². The van der Waals surface area contributed by atoms with E-state index in [1.54, 1.807) is 36.4 Å². The van der Waals surface area contributed by atoms with Crippen molar-refractivity contribution in [2.75, 3.05) is 54.9 Å². The van der Waals surface area contributed by atoms with Crippen molar-refractivity contribution >= 4 is 36.8 Å². The van der Waals surface area contributed by atoms with E-state index in [9.17, 15) is 20.4 Å². The quantitative estimate of drug-likeness (QED) is 0.0650. The van der Waals surface area contributed by atoms with Crippen LogP contribution in [0.2, 0.25) is 0 Å². The number of oxime groups is 4. The van der Waals surface area contributed by atoms with Crippen LogP contribution in [-0.2, 0) is 80.1 Å². The molecular weight excluding hydrogens is 885 g/mol. The SMILES string of the molecule is CC(=O)[O-].CC(=O)[O-].CO.CO.COc1cccc(/C=N/OCCO/N=C/c2ccc(/C=N/OCCO/N=C/c3cccc(OC)c3[O-])c([O-])c2[O-])c1[O-].[Mn+2].[Mn+2].[Mn+2]. The summed E-state index contributed by atoms with van der Waals surface area (Å²) in [6.45, 7) is 1.96. The van der Waals surface area contributed by atoms with Gasteiger partial charge in [0.05, 0.1) is 39.1 Å². The van der Waals surface area contributed by atoms with Crippen molar-refractivity contribution in [1.29, 1.82) is 0 Å². The van der Waals surface area contributed by atoms with Gasteiger partial charge in [-0.25, -0.2) is 0 Å². The van der Waals surface area contributed by atoms with Gasteiger partial charge in [0, 0.05) is 26.2 Å². The second-order valence-electron chi connectivity index (χ2n) is 8.91. The average molecular weight is 926 g/mol. The first-order chi connectivity index (χ1) is 25.9. The predicted octanol–water partition coefficient (Wildman–Crippen LogP) is -2.48. The van der Waals surface area contributed by atoms with Crippen LogP contribution >= 0.6 is 0 Å². The molecule has 0 saturated carbocycles. The average Bonchev–Trinajstić information content (AvgIpc) is 3.15. The molecule has 2 N–H and O–H groups in total. The Bertz CT molecular complexity index is 1520. The molecule has 0 unspecified atom stereocenters. The van der Waals surface area contributed by atoms with Crippen LogP contribution in [0.1, 0.15) is 36.1 Å². The third-order valence-electron chi connectivity index (χ3n) is 5.23. The molecule has 0 heterocycles. The fourth-order valence-electron chi connectivity index (χ4n) is 3.12. The number of rotatable bonds is 16. The van der Waals surface area contributed by atoms with Crippen molar-refractivity contribution in [3.63, 3.8) is 0 Å². The Morgan fingerprint density at radius 2 is 0.737 bits per heavy atom. The summed E-state index contributed by atoms with van der Waals surface area (Å²) in [4.78, 5) is 37.8. The van der Waals surface area contributed by atoms with E-state index in [2.05, 4.69) is 20.6 Å². The normalized spacial score (nSPS) is 9.54. The number of ether oxygens (including phenoxy) is 2. The van der Waals surface area contributed by atoms with Gasteiger partial charge < -0.3 is 79.3 Å². The molecule has 0 aliphatic heterocycles. The molecule has 0 atom stereocenters. The number of carbonyl (C=O) groups excluding carboxylic acids is 2. The number of methoxy groups -OCH3 is 2. The molecule has 0 spiro atoms. The second kappa shape index (κ2) is 39.0. The zero-order chi connectivity index (χ0) is 41.3. The van der Waals surface area contributed by atoms with E-state index in [4.69, 9.17) is 58.8 Å². The second-order valence-corrected chi connectivity index (χ2v) is 8.91. The molecule has 0 aromatic heterocycles. The summed E-state index contributed by atoms with van der Waals surface area (Å²) in [5.74, 6) is -4.01. The van der Waals surface area contributed by atoms with Gasteiger partial charge in [0.2, 0.25) is 0 Å². The van der Waals surface area contributed by atoms with Crippen LogP contribution in [-0.4, -0.2) is 102 Å². The summed E-state index contributed by atoms with van der Waals surface area (Å²) >= 11 is 0. The van der Waals surface area contributed by atoms with Gasteiger partial charge in [-0.15, -0.1) is 11.5 Å². The monoisotopic (exact) mass is 925 g/mol. The van der Waals surface area contributed by atoms with Gasteiger partial charge in [-0.05, 0) is 48.2 Å². The molecule has 3 aromatic rings. The first-order valence-electron chi connectivity index (χ1n) is 15.0. The molecule has 3 aromatic carbocycles. The fourth-order valence-corrected chi connectivity index (χ4v) is 3.12. The molecule has 57 heavy (non-hydrogen) atoms. The van der Waals surface area contributed by atoms with Crippen LogP contribution in [0.15, 0.2) is 69.2 Å². The Hall–Kier alpha value is -5.24. The number of carboxylic acid groups (broad SMARTS) is 2. The summed E-state index contributed by atoms with van der Waals surface area (Å²) in [7, 11) is 4.79. The van der Waals surface area contributed by atoms with E-state index in [0.717, 1.165) is 40.5 Å². The van der Waals surface area contributed by atoms with Crippen molar-refractivity contribution in [3.05, 3.63) is 70.8 Å². The minimum atomic E-state index is -1.08. The van der Waals surface area contributed by atoms with E-state index >= 15 is 0 Å². The number of carbonyl (C=O) groups is 2. The summed E-state index contributed by atoms with van der Waals surface area (Å²) in [6, 6.07) is 12.3. The summed E-state index contributed by atoms with van der Waals surface area (Å²) in [5.41, 5.74) is 0.624. The van der Waals surface area contributed by atoms with Crippen LogP contribution in [0.5, 0.6) is 34.5 Å². The molecule has 3 radical (unpaired) electrons. The number of benzene rings is 3. The maximum Gasteiger partial charge on any atom is 2.00 e. The van der Waals surface area contributed by atoms with Gasteiger partial charge in [0.15, 0.2) is 26.4 Å². The number of hydrogen-bond donors (Lipinski definition) is 2. The summed E-state index contributed by atoms with van der Waals surface area (Å²) < 4.78 is 9.90. The maximum absolute atomic E-state index is 12.3. The zero-order valence-electron chi connectivity index (χ0n) is 31.3. The zero-order valence-corrected chi connectivity index (χ0v) is 34.8. The van der Waals surface area contributed by atoms with Gasteiger partial charge >= 0.3 is 51.2 Å². The van der Waals surface area contributed by atoms with E-state index in [-0.39, 0.29) is 112 Å². The Morgan fingerprint density at radius 1 is 0.509 bits per heavy atom. The van der Waals surface area contributed by atoms with E-state index in [1.165, 1.54) is 38.8 Å². The van der Waals surface area contributed by atoms with Crippen LogP contribution in [0.25, 0.3) is 0 Å². The number of para-hydroxylation sites is 2. The number of nitrogens with zero attached hydrogens (tertiary/aromatic N) is 4. The maximum atomic E-state index is 12.3. The third kappa shape index (κ3) is 27.9. The molecular formula is C34H40Mn3N4O16. The molecule has 20 nitrogen and oxygen atoms in total. The van der Waals surface area contributed by atoms with E-state index in [1.807, 2.05) is 0 Å². The standard InChI is InChI=1S/C28H30N4O10.2C2H4O2.2CH4O.3Mn/c1-37-23-7-3-5-19(25(23)33)15-29-39-11-13-41-31-17-21-9-10-22(28(36)27(21)35)18-32-42-14-12-40-30-16-20-6-4-8-24(38-2)26(20)34;2*1-2(3)4;2*1-2;;;/h3-10,15-18,33-36H,11-14H2,1-2H3;2*1H3,(H,3,4);2*2H,1H3;;;/q;;;;;3*+2/p-6/b29-15+,30-16+,31-17+,32-18+;;;;;;;. The van der Waals surface area contributed by atoms with Gasteiger partial charge in [-0.3, -0.25) is 0 Å².